The number of hydrogen-bond acceptors (Lipinski definition) is 4. The van der Waals surface area contributed by atoms with E-state index in [1.54, 1.807) is 30.3 Å². The predicted octanol–water partition coefficient (Wildman–Crippen LogP) is 2.51. The molecular weight excluding hydrogens is 338 g/mol. The maximum atomic E-state index is 11.5. The molecule has 1 aromatic carbocycles. The number of carboxylic acids is 2. The smallest absolute Gasteiger partial charge is 0.335 e. The third kappa shape index (κ3) is 12.9. The molecule has 0 saturated heterocycles. The molecule has 0 unspecified atom stereocenters. The number of hydrogen-bond donors (Lipinski definition) is 2. The van der Waals surface area contributed by atoms with E-state index in [2.05, 4.69) is 0 Å². The molecule has 1 rings (SSSR count). The third-order valence-corrected chi connectivity index (χ3v) is 3.05. The zero-order chi connectivity index (χ0) is 20.3. The van der Waals surface area contributed by atoms with Crippen molar-refractivity contribution in [1.82, 2.24) is 0 Å². The fourth-order valence-corrected chi connectivity index (χ4v) is 2.10. The maximum Gasteiger partial charge on any atom is 0.335 e. The van der Waals surface area contributed by atoms with Gasteiger partial charge in [0.25, 0.3) is 0 Å². The second-order valence-corrected chi connectivity index (χ2v) is 7.45. The number of carbonyl (C=O) groups is 3. The Bertz CT molecular complexity index is 577. The molecule has 26 heavy (non-hydrogen) atoms. The van der Waals surface area contributed by atoms with Crippen molar-refractivity contribution in [3.05, 3.63) is 35.9 Å². The first-order valence-electron chi connectivity index (χ1n) is 8.40. The Kier molecular flexibility index (Phi) is 10.2. The van der Waals surface area contributed by atoms with E-state index in [9.17, 15) is 14.4 Å². The van der Waals surface area contributed by atoms with Gasteiger partial charge in [-0.3, -0.25) is 9.59 Å². The van der Waals surface area contributed by atoms with E-state index in [4.69, 9.17) is 14.9 Å². The lowest BCUT2D eigenvalue weighted by Gasteiger charge is -2.28. The summed E-state index contributed by atoms with van der Waals surface area (Å²) in [4.78, 5) is 32.4. The van der Waals surface area contributed by atoms with Gasteiger partial charge in [-0.05, 0) is 18.1 Å². The number of benzene rings is 1. The number of rotatable bonds is 8. The molecule has 1 atom stereocenters. The van der Waals surface area contributed by atoms with Crippen molar-refractivity contribution in [1.29, 1.82) is 0 Å². The molecule has 7 nitrogen and oxygen atoms in total. The van der Waals surface area contributed by atoms with Gasteiger partial charge in [-0.25, -0.2) is 4.79 Å². The quantitative estimate of drug-likeness (QED) is 0.540. The van der Waals surface area contributed by atoms with Crippen molar-refractivity contribution in [2.24, 2.45) is 5.92 Å². The summed E-state index contributed by atoms with van der Waals surface area (Å²) in [5, 5.41) is 17.2. The molecule has 0 spiro atoms. The minimum absolute atomic E-state index is 0.140. The molecule has 146 valence electrons. The Hall–Kier alpha value is -2.41. The van der Waals surface area contributed by atoms with E-state index >= 15 is 0 Å². The number of nitrogens with zero attached hydrogens (tertiary/aromatic N) is 1. The van der Waals surface area contributed by atoms with E-state index in [0.717, 1.165) is 0 Å². The Morgan fingerprint density at radius 3 is 1.88 bits per heavy atom. The van der Waals surface area contributed by atoms with Crippen LogP contribution in [-0.2, 0) is 14.3 Å². The van der Waals surface area contributed by atoms with Gasteiger partial charge in [-0.1, -0.05) is 32.0 Å². The Morgan fingerprint density at radius 1 is 1.00 bits per heavy atom. The molecule has 0 amide bonds. The van der Waals surface area contributed by atoms with Crippen LogP contribution in [0.4, 0.5) is 0 Å². The first kappa shape index (κ1) is 23.6. The lowest BCUT2D eigenvalue weighted by Crippen LogP contribution is -2.43. The van der Waals surface area contributed by atoms with Crippen LogP contribution in [0.1, 0.15) is 37.0 Å². The number of likely N-dealkylation sites (N-methyl/N-ethyl adjacent to an activating group) is 1. The van der Waals surface area contributed by atoms with E-state index in [-0.39, 0.29) is 18.3 Å². The molecule has 0 bridgehead atoms. The largest absolute Gasteiger partial charge is 0.481 e. The van der Waals surface area contributed by atoms with Crippen molar-refractivity contribution < 1.29 is 33.8 Å². The van der Waals surface area contributed by atoms with Crippen LogP contribution in [0, 0.1) is 5.92 Å². The highest BCUT2D eigenvalue weighted by molar-refractivity contribution is 5.87. The Morgan fingerprint density at radius 2 is 1.54 bits per heavy atom. The molecule has 0 saturated carbocycles. The highest BCUT2D eigenvalue weighted by Gasteiger charge is 2.24. The summed E-state index contributed by atoms with van der Waals surface area (Å²) in [7, 11) is 5.81. The van der Waals surface area contributed by atoms with Crippen molar-refractivity contribution >= 4 is 17.9 Å². The first-order chi connectivity index (χ1) is 11.9. The molecule has 0 fully saturated rings. The first-order valence-corrected chi connectivity index (χ1v) is 8.40. The van der Waals surface area contributed by atoms with Crippen LogP contribution < -0.4 is 0 Å². The second-order valence-electron chi connectivity index (χ2n) is 7.45. The van der Waals surface area contributed by atoms with Crippen LogP contribution in [0.3, 0.4) is 0 Å². The summed E-state index contributed by atoms with van der Waals surface area (Å²) in [6.45, 7) is 4.34. The highest BCUT2D eigenvalue weighted by atomic mass is 16.5. The van der Waals surface area contributed by atoms with Gasteiger partial charge in [0, 0.05) is 6.42 Å². The summed E-state index contributed by atoms with van der Waals surface area (Å²) in [5.74, 6) is -1.92. The zero-order valence-electron chi connectivity index (χ0n) is 16.1. The Labute approximate surface area is 154 Å². The molecule has 0 aliphatic rings. The highest BCUT2D eigenvalue weighted by Crippen LogP contribution is 2.09. The molecular formula is C19H30NO6+. The van der Waals surface area contributed by atoms with Crippen LogP contribution in [0.2, 0.25) is 0 Å². The van der Waals surface area contributed by atoms with Gasteiger partial charge < -0.3 is 19.4 Å². The average Bonchev–Trinajstić information content (AvgIpc) is 2.45. The number of ether oxygens (including phenoxy) is 1. The van der Waals surface area contributed by atoms with Crippen molar-refractivity contribution in [3.63, 3.8) is 0 Å². The fraction of sp³-hybridized carbons (Fsp3) is 0.526. The minimum Gasteiger partial charge on any atom is -0.481 e. The standard InChI is InChI=1S/C12H23NO4.C7H6O2/c1-9(2)6-12(16)17-10(7-11(14)15)8-13(3,4)5;8-7(9)6-4-2-1-3-5-6/h9-10H,6-8H2,1-5H3;1-5H,(H,8,9)/p+1/t10-;/m1./s1. The van der Waals surface area contributed by atoms with E-state index in [1.165, 1.54) is 0 Å². The van der Waals surface area contributed by atoms with Gasteiger partial charge in [0.05, 0.1) is 33.1 Å². The number of carboxylic acid groups (broad SMARTS) is 2. The molecule has 1 aromatic rings. The average molecular weight is 368 g/mol. The SMILES string of the molecule is CC(C)CC(=O)O[C@H](CC(=O)O)C[N+](C)(C)C.O=C(O)c1ccccc1. The topological polar surface area (TPSA) is 101 Å². The summed E-state index contributed by atoms with van der Waals surface area (Å²) in [6, 6.07) is 8.30. The molecule has 0 heterocycles. The minimum atomic E-state index is -0.944. The van der Waals surface area contributed by atoms with Crippen LogP contribution in [0.25, 0.3) is 0 Å². The van der Waals surface area contributed by atoms with Crippen LogP contribution in [0.15, 0.2) is 30.3 Å². The fourth-order valence-electron chi connectivity index (χ4n) is 2.10. The van der Waals surface area contributed by atoms with Gasteiger partial charge in [0.15, 0.2) is 6.10 Å². The molecule has 0 aliphatic heterocycles. The van der Waals surface area contributed by atoms with Crippen LogP contribution in [0.5, 0.6) is 0 Å². The zero-order valence-corrected chi connectivity index (χ0v) is 16.1. The lowest BCUT2D eigenvalue weighted by molar-refractivity contribution is -0.873. The van der Waals surface area contributed by atoms with Crippen molar-refractivity contribution in [2.45, 2.75) is 32.8 Å². The Balaban J connectivity index is 0.000000577. The number of quaternary nitrogens is 1. The van der Waals surface area contributed by atoms with Gasteiger partial charge in [0.1, 0.15) is 6.54 Å². The monoisotopic (exact) mass is 368 g/mol. The van der Waals surface area contributed by atoms with Gasteiger partial charge in [-0.15, -0.1) is 0 Å². The number of aromatic carboxylic acids is 1. The summed E-state index contributed by atoms with van der Waals surface area (Å²) < 4.78 is 5.78. The third-order valence-electron chi connectivity index (χ3n) is 3.05. The molecule has 0 radical (unpaired) electrons. The number of esters is 1. The van der Waals surface area contributed by atoms with Gasteiger partial charge in [0.2, 0.25) is 0 Å². The van der Waals surface area contributed by atoms with Crippen molar-refractivity contribution in [2.75, 3.05) is 27.7 Å². The second kappa shape index (κ2) is 11.3. The molecule has 0 aliphatic carbocycles. The normalized spacial score (nSPS) is 11.9. The number of carbonyl (C=O) groups excluding carboxylic acids is 1. The van der Waals surface area contributed by atoms with E-state index in [0.29, 0.717) is 23.0 Å². The van der Waals surface area contributed by atoms with Crippen LogP contribution >= 0.6 is 0 Å². The molecule has 7 heteroatoms. The summed E-state index contributed by atoms with van der Waals surface area (Å²) >= 11 is 0. The predicted molar refractivity (Wildman–Crippen MR) is 97.9 cm³/mol. The van der Waals surface area contributed by atoms with Crippen LogP contribution in [-0.4, -0.2) is 66.4 Å². The number of aliphatic carboxylic acids is 1. The van der Waals surface area contributed by atoms with E-state index < -0.39 is 18.0 Å². The van der Waals surface area contributed by atoms with Crippen molar-refractivity contribution in [3.8, 4) is 0 Å². The molecule has 2 N–H and O–H groups in total. The van der Waals surface area contributed by atoms with Gasteiger partial charge in [-0.2, -0.15) is 0 Å². The maximum absolute atomic E-state index is 11.5. The van der Waals surface area contributed by atoms with E-state index in [1.807, 2.05) is 35.0 Å². The summed E-state index contributed by atoms with van der Waals surface area (Å²) in [6.07, 6.45) is -0.370. The molecule has 0 aromatic heterocycles. The lowest BCUT2D eigenvalue weighted by atomic mass is 10.1. The van der Waals surface area contributed by atoms with Gasteiger partial charge >= 0.3 is 17.9 Å². The summed E-state index contributed by atoms with van der Waals surface area (Å²) in [5.41, 5.74) is 0.331.